The molecule has 0 amide bonds. The summed E-state index contributed by atoms with van der Waals surface area (Å²) in [4.78, 5) is 4.57. The van der Waals surface area contributed by atoms with Crippen LogP contribution >= 0.6 is 27.7 Å². The topological polar surface area (TPSA) is 59.0 Å². The van der Waals surface area contributed by atoms with E-state index >= 15 is 0 Å². The summed E-state index contributed by atoms with van der Waals surface area (Å²) in [6, 6.07) is 13.0. The summed E-state index contributed by atoms with van der Waals surface area (Å²) >= 11 is 4.56. The van der Waals surface area contributed by atoms with Crippen molar-refractivity contribution in [1.82, 2.24) is 4.98 Å². The minimum Gasteiger partial charge on any atom is -0.496 e. The lowest BCUT2D eigenvalue weighted by Gasteiger charge is -2.22. The Balaban J connectivity index is 1.65. The van der Waals surface area contributed by atoms with Crippen molar-refractivity contribution < 1.29 is 22.3 Å². The van der Waals surface area contributed by atoms with Gasteiger partial charge in [0.2, 0.25) is 0 Å². The van der Waals surface area contributed by atoms with Crippen LogP contribution < -0.4 is 4.74 Å². The molecule has 0 spiro atoms. The van der Waals surface area contributed by atoms with Gasteiger partial charge in [-0.05, 0) is 47.0 Å². The first kappa shape index (κ1) is 22.8. The monoisotopic (exact) mass is 544 g/mol. The molecular formula is C25H16BrF3N2O2S. The zero-order chi connectivity index (χ0) is 24.0. The van der Waals surface area contributed by atoms with Gasteiger partial charge in [0, 0.05) is 27.8 Å². The van der Waals surface area contributed by atoms with Crippen LogP contribution in [-0.2, 0) is 24.8 Å². The van der Waals surface area contributed by atoms with E-state index in [1.807, 2.05) is 30.3 Å². The maximum atomic E-state index is 14.2. The van der Waals surface area contributed by atoms with Gasteiger partial charge in [0.25, 0.3) is 0 Å². The Hall–Kier alpha value is -2.96. The van der Waals surface area contributed by atoms with E-state index in [-0.39, 0.29) is 28.5 Å². The Labute approximate surface area is 205 Å². The molecule has 2 heterocycles. The van der Waals surface area contributed by atoms with Crippen LogP contribution in [0.15, 0.2) is 56.6 Å². The van der Waals surface area contributed by atoms with E-state index < -0.39 is 17.3 Å². The normalized spacial score (nSPS) is 12.8. The van der Waals surface area contributed by atoms with Gasteiger partial charge in [0.15, 0.2) is 0 Å². The van der Waals surface area contributed by atoms with Crippen molar-refractivity contribution in [1.29, 1.82) is 5.26 Å². The number of benzene rings is 2. The van der Waals surface area contributed by atoms with Gasteiger partial charge in [-0.2, -0.15) is 18.4 Å². The lowest BCUT2D eigenvalue weighted by atomic mass is 9.89. The largest absolute Gasteiger partial charge is 0.496 e. The fourth-order valence-electron chi connectivity index (χ4n) is 4.40. The van der Waals surface area contributed by atoms with Gasteiger partial charge in [-0.1, -0.05) is 28.1 Å². The molecule has 0 bridgehead atoms. The van der Waals surface area contributed by atoms with Crippen LogP contribution in [-0.4, -0.2) is 12.1 Å². The van der Waals surface area contributed by atoms with Crippen LogP contribution in [0.25, 0.3) is 22.0 Å². The van der Waals surface area contributed by atoms with E-state index in [9.17, 15) is 18.4 Å². The van der Waals surface area contributed by atoms with Crippen LogP contribution in [0.3, 0.4) is 0 Å². The third-order valence-electron chi connectivity index (χ3n) is 5.89. The van der Waals surface area contributed by atoms with E-state index in [0.29, 0.717) is 23.5 Å². The summed E-state index contributed by atoms with van der Waals surface area (Å²) in [6.45, 7) is 0. The molecule has 2 aromatic carbocycles. The third-order valence-corrected chi connectivity index (χ3v) is 7.38. The fraction of sp³-hybridized carbons (Fsp3) is 0.200. The second kappa shape index (κ2) is 8.67. The molecule has 0 N–H and O–H groups in total. The highest BCUT2D eigenvalue weighted by atomic mass is 79.9. The first-order chi connectivity index (χ1) is 16.3. The molecule has 0 fully saturated rings. The number of furan rings is 1. The number of hydrogen-bond acceptors (Lipinski definition) is 5. The quantitative estimate of drug-likeness (QED) is 0.248. The Bertz CT molecular complexity index is 1470. The molecular weight excluding hydrogens is 529 g/mol. The highest BCUT2D eigenvalue weighted by molar-refractivity contribution is 9.10. The predicted molar refractivity (Wildman–Crippen MR) is 127 cm³/mol. The lowest BCUT2D eigenvalue weighted by Crippen LogP contribution is -2.18. The zero-order valence-electron chi connectivity index (χ0n) is 17.8. The number of aromatic nitrogens is 1. The van der Waals surface area contributed by atoms with E-state index in [0.717, 1.165) is 32.6 Å². The lowest BCUT2D eigenvalue weighted by molar-refractivity contribution is -0.138. The Morgan fingerprint density at radius 3 is 2.76 bits per heavy atom. The van der Waals surface area contributed by atoms with Gasteiger partial charge in [0.1, 0.15) is 22.6 Å². The maximum absolute atomic E-state index is 14.2. The van der Waals surface area contributed by atoms with Crippen LogP contribution in [0.4, 0.5) is 13.2 Å². The summed E-state index contributed by atoms with van der Waals surface area (Å²) in [6.07, 6.45) is -2.78. The highest BCUT2D eigenvalue weighted by Crippen LogP contribution is 2.45. The predicted octanol–water partition coefficient (Wildman–Crippen LogP) is 7.55. The van der Waals surface area contributed by atoms with Gasteiger partial charge in [-0.25, -0.2) is 4.98 Å². The van der Waals surface area contributed by atoms with Crippen LogP contribution in [0, 0.1) is 11.3 Å². The van der Waals surface area contributed by atoms with E-state index in [1.165, 1.54) is 6.26 Å². The molecule has 0 saturated carbocycles. The number of halogens is 4. The fourth-order valence-corrected chi connectivity index (χ4v) is 5.80. The molecule has 0 radical (unpaired) electrons. The van der Waals surface area contributed by atoms with E-state index in [4.69, 9.17) is 9.15 Å². The molecule has 5 rings (SSSR count). The molecule has 2 aromatic heterocycles. The highest BCUT2D eigenvalue weighted by Gasteiger charge is 2.41. The van der Waals surface area contributed by atoms with Crippen molar-refractivity contribution in [2.24, 2.45) is 0 Å². The molecule has 1 aliphatic carbocycles. The molecule has 4 nitrogen and oxygen atoms in total. The minimum absolute atomic E-state index is 0.0405. The molecule has 0 saturated heterocycles. The number of alkyl halides is 3. The average Bonchev–Trinajstić information content (AvgIpc) is 3.30. The summed E-state index contributed by atoms with van der Waals surface area (Å²) < 4.78 is 54.5. The molecule has 0 unspecified atom stereocenters. The number of rotatable bonds is 4. The van der Waals surface area contributed by atoms with Crippen LogP contribution in [0.1, 0.15) is 28.0 Å². The number of hydrogen-bond donors (Lipinski definition) is 0. The Kier molecular flexibility index (Phi) is 5.82. The summed E-state index contributed by atoms with van der Waals surface area (Å²) in [7, 11) is 1.55. The van der Waals surface area contributed by atoms with Crippen LogP contribution in [0.2, 0.25) is 0 Å². The van der Waals surface area contributed by atoms with Crippen LogP contribution in [0.5, 0.6) is 5.75 Å². The second-order valence-electron chi connectivity index (χ2n) is 7.76. The molecule has 1 aliphatic rings. The second-order valence-corrected chi connectivity index (χ2v) is 9.64. The Morgan fingerprint density at radius 2 is 2.03 bits per heavy atom. The van der Waals surface area contributed by atoms with Crippen molar-refractivity contribution in [2.75, 3.05) is 7.11 Å². The number of thioether (sulfide) groups is 1. The van der Waals surface area contributed by atoms with Crippen molar-refractivity contribution in [3.8, 4) is 23.1 Å². The molecule has 172 valence electrons. The van der Waals surface area contributed by atoms with Gasteiger partial charge in [0.05, 0.1) is 30.2 Å². The van der Waals surface area contributed by atoms with Crippen molar-refractivity contribution >= 4 is 38.5 Å². The first-order valence-corrected chi connectivity index (χ1v) is 12.1. The number of nitriles is 1. The van der Waals surface area contributed by atoms with Crippen molar-refractivity contribution in [2.45, 2.75) is 29.8 Å². The number of ether oxygens (including phenoxy) is 1. The minimum atomic E-state index is -4.68. The van der Waals surface area contributed by atoms with Gasteiger partial charge >= 0.3 is 6.18 Å². The average molecular weight is 545 g/mol. The van der Waals surface area contributed by atoms with E-state index in [1.54, 1.807) is 19.2 Å². The molecule has 0 atom stereocenters. The molecule has 9 heteroatoms. The number of fused-ring (bicyclic) bond motifs is 4. The third kappa shape index (κ3) is 3.85. The molecule has 34 heavy (non-hydrogen) atoms. The zero-order valence-corrected chi connectivity index (χ0v) is 20.2. The summed E-state index contributed by atoms with van der Waals surface area (Å²) in [5.74, 6) is 1.50. The van der Waals surface area contributed by atoms with E-state index in [2.05, 4.69) is 20.9 Å². The molecule has 0 aliphatic heterocycles. The summed E-state index contributed by atoms with van der Waals surface area (Å²) in [5, 5.41) is 11.7. The van der Waals surface area contributed by atoms with Gasteiger partial charge in [-0.15, -0.1) is 11.8 Å². The van der Waals surface area contributed by atoms with Crippen molar-refractivity contribution in [3.63, 3.8) is 0 Å². The smallest absolute Gasteiger partial charge is 0.418 e. The van der Waals surface area contributed by atoms with Gasteiger partial charge < -0.3 is 9.15 Å². The number of methoxy groups -OCH3 is 1. The SMILES string of the molecule is COc1ccc2cc(Br)ccc2c1CSc1nc2c(c(C(F)(F)F)c1C#N)CCc1occc1-2. The maximum Gasteiger partial charge on any atom is 0.418 e. The first-order valence-electron chi connectivity index (χ1n) is 10.3. The number of aryl methyl sites for hydroxylation is 1. The Morgan fingerprint density at radius 1 is 1.21 bits per heavy atom. The number of nitrogens with zero attached hydrogens (tertiary/aromatic N) is 2. The standard InChI is InChI=1S/C25H16BrF3N2O2S/c1-32-20-6-2-13-10-14(26)3-4-15(13)19(20)12-34-24-18(11-30)22(25(27,28)29)17-5-7-21-16(8-9-33-21)23(17)31-24/h2-4,6,8-10H,5,7,12H2,1H3. The van der Waals surface area contributed by atoms with Gasteiger partial charge in [-0.3, -0.25) is 0 Å². The molecule has 4 aromatic rings. The van der Waals surface area contributed by atoms with Crippen molar-refractivity contribution in [3.05, 3.63) is 75.1 Å². The number of pyridine rings is 1. The summed E-state index contributed by atoms with van der Waals surface area (Å²) in [5.41, 5.74) is 0.310.